The van der Waals surface area contributed by atoms with E-state index in [0.29, 0.717) is 0 Å². The zero-order valence-corrected chi connectivity index (χ0v) is 11.3. The minimum Gasteiger partial charge on any atom is -0.377 e. The second-order valence-electron chi connectivity index (χ2n) is 3.76. The topological polar surface area (TPSA) is 65.0 Å². The molecule has 0 amide bonds. The van der Waals surface area contributed by atoms with Crippen LogP contribution in [0.1, 0.15) is 6.92 Å². The van der Waals surface area contributed by atoms with E-state index >= 15 is 0 Å². The predicted octanol–water partition coefficient (Wildman–Crippen LogP) is 0.189. The lowest BCUT2D eigenvalue weighted by atomic mass is 9.93. The SMILES string of the molecule is B[C@@H]1O[C@H](CCl)C(OP(=O)(O)CC)C1OC. The highest BCUT2D eigenvalue weighted by Gasteiger charge is 2.45. The first-order valence-electron chi connectivity index (χ1n) is 5.19. The van der Waals surface area contributed by atoms with Crippen molar-refractivity contribution >= 4 is 27.0 Å². The van der Waals surface area contributed by atoms with Gasteiger partial charge in [0.05, 0.1) is 18.0 Å². The Morgan fingerprint density at radius 1 is 1.56 bits per heavy atom. The third-order valence-corrected chi connectivity index (χ3v) is 4.33. The van der Waals surface area contributed by atoms with Crippen LogP contribution in [0.25, 0.3) is 0 Å². The van der Waals surface area contributed by atoms with Crippen LogP contribution in [-0.2, 0) is 18.6 Å². The smallest absolute Gasteiger partial charge is 0.328 e. The standard InChI is InChI=1S/C8H17BClO5P/c1-3-16(11,12)15-6-5(4-10)14-8(9)7(6)13-2/h5-8H,3-4,9H2,1-2H3,(H,11,12)/t5-,6?,7?,8-/m1/s1. The van der Waals surface area contributed by atoms with Gasteiger partial charge in [-0.05, 0) is 0 Å². The molecule has 1 N–H and O–H groups in total. The summed E-state index contributed by atoms with van der Waals surface area (Å²) in [6.07, 6.45) is -1.30. The summed E-state index contributed by atoms with van der Waals surface area (Å²) in [4.78, 5) is 9.48. The lowest BCUT2D eigenvalue weighted by Gasteiger charge is -2.24. The van der Waals surface area contributed by atoms with Crippen LogP contribution in [0.15, 0.2) is 0 Å². The molecule has 0 spiro atoms. The van der Waals surface area contributed by atoms with Crippen molar-refractivity contribution in [3.63, 3.8) is 0 Å². The van der Waals surface area contributed by atoms with Crippen LogP contribution < -0.4 is 0 Å². The van der Waals surface area contributed by atoms with Gasteiger partial charge in [-0.25, -0.2) is 0 Å². The van der Waals surface area contributed by atoms with Crippen molar-refractivity contribution in [3.8, 4) is 0 Å². The molecular weight excluding hydrogens is 253 g/mol. The van der Waals surface area contributed by atoms with Gasteiger partial charge in [0, 0.05) is 13.3 Å². The molecule has 5 atom stereocenters. The number of halogens is 1. The van der Waals surface area contributed by atoms with Crippen molar-refractivity contribution < 1.29 is 23.5 Å². The number of alkyl halides is 1. The molecule has 0 bridgehead atoms. The number of methoxy groups -OCH3 is 1. The molecule has 8 heteroatoms. The lowest BCUT2D eigenvalue weighted by Crippen LogP contribution is -2.37. The Hall–Kier alpha value is 0.425. The van der Waals surface area contributed by atoms with Gasteiger partial charge < -0.3 is 14.4 Å². The molecule has 1 heterocycles. The van der Waals surface area contributed by atoms with E-state index in [9.17, 15) is 9.46 Å². The van der Waals surface area contributed by atoms with Gasteiger partial charge in [-0.3, -0.25) is 9.09 Å². The minimum absolute atomic E-state index is 0.0589. The summed E-state index contributed by atoms with van der Waals surface area (Å²) in [5.41, 5.74) is 0. The summed E-state index contributed by atoms with van der Waals surface area (Å²) in [6, 6.07) is -0.199. The maximum Gasteiger partial charge on any atom is 0.328 e. The molecule has 0 aromatic rings. The molecular formula is C8H17BClO5P. The number of rotatable bonds is 5. The van der Waals surface area contributed by atoms with Gasteiger partial charge in [0.2, 0.25) is 0 Å². The first kappa shape index (κ1) is 14.5. The zero-order chi connectivity index (χ0) is 12.3. The fourth-order valence-corrected chi connectivity index (χ4v) is 2.79. The molecule has 94 valence electrons. The van der Waals surface area contributed by atoms with E-state index in [-0.39, 0.29) is 24.1 Å². The van der Waals surface area contributed by atoms with E-state index in [4.69, 9.17) is 25.6 Å². The maximum absolute atomic E-state index is 11.5. The van der Waals surface area contributed by atoms with Crippen molar-refractivity contribution in [2.24, 2.45) is 0 Å². The largest absolute Gasteiger partial charge is 0.377 e. The first-order chi connectivity index (χ1) is 7.45. The Labute approximate surface area is 101 Å². The highest BCUT2D eigenvalue weighted by molar-refractivity contribution is 7.52. The van der Waals surface area contributed by atoms with Gasteiger partial charge in [-0.2, -0.15) is 0 Å². The van der Waals surface area contributed by atoms with Gasteiger partial charge in [0.25, 0.3) is 0 Å². The number of hydrogen-bond acceptors (Lipinski definition) is 4. The summed E-state index contributed by atoms with van der Waals surface area (Å²) >= 11 is 5.73. The lowest BCUT2D eigenvalue weighted by molar-refractivity contribution is 0.0158. The molecule has 0 aromatic heterocycles. The fraction of sp³-hybridized carbons (Fsp3) is 1.00. The van der Waals surface area contributed by atoms with Crippen LogP contribution in [0.3, 0.4) is 0 Å². The second-order valence-corrected chi connectivity index (χ2v) is 6.18. The van der Waals surface area contributed by atoms with Crippen LogP contribution >= 0.6 is 19.2 Å². The van der Waals surface area contributed by atoms with Crippen molar-refractivity contribution in [2.45, 2.75) is 31.2 Å². The molecule has 1 fully saturated rings. The fourth-order valence-electron chi connectivity index (χ4n) is 1.75. The summed E-state index contributed by atoms with van der Waals surface area (Å²) in [7, 11) is -0.225. The molecule has 3 unspecified atom stereocenters. The van der Waals surface area contributed by atoms with Crippen molar-refractivity contribution in [3.05, 3.63) is 0 Å². The maximum atomic E-state index is 11.5. The highest BCUT2D eigenvalue weighted by atomic mass is 35.5. The average Bonchev–Trinajstić information content (AvgIpc) is 2.53. The molecule has 5 nitrogen and oxygen atoms in total. The second kappa shape index (κ2) is 5.85. The monoisotopic (exact) mass is 270 g/mol. The molecule has 1 saturated heterocycles. The minimum atomic E-state index is -3.57. The summed E-state index contributed by atoms with van der Waals surface area (Å²) in [5, 5.41) is 0. The van der Waals surface area contributed by atoms with Gasteiger partial charge in [0.15, 0.2) is 0 Å². The highest BCUT2D eigenvalue weighted by Crippen LogP contribution is 2.45. The molecule has 16 heavy (non-hydrogen) atoms. The van der Waals surface area contributed by atoms with E-state index in [1.807, 2.05) is 7.85 Å². The summed E-state index contributed by atoms with van der Waals surface area (Å²) in [6.45, 7) is 1.59. The Morgan fingerprint density at radius 3 is 2.62 bits per heavy atom. The molecule has 1 aliphatic rings. The van der Waals surface area contributed by atoms with E-state index in [0.717, 1.165) is 0 Å². The van der Waals surface area contributed by atoms with Gasteiger partial charge in [-0.15, -0.1) is 11.6 Å². The van der Waals surface area contributed by atoms with Gasteiger partial charge in [-0.1, -0.05) is 6.92 Å². The average molecular weight is 270 g/mol. The zero-order valence-electron chi connectivity index (χ0n) is 9.63. The number of ether oxygens (including phenoxy) is 2. The quantitative estimate of drug-likeness (QED) is 0.439. The molecule has 1 rings (SSSR count). The van der Waals surface area contributed by atoms with Crippen LogP contribution in [0.4, 0.5) is 0 Å². The van der Waals surface area contributed by atoms with E-state index in [1.54, 1.807) is 6.92 Å². The Kier molecular flexibility index (Phi) is 5.30. The molecule has 0 saturated carbocycles. The predicted molar refractivity (Wildman–Crippen MR) is 64.0 cm³/mol. The van der Waals surface area contributed by atoms with Crippen LogP contribution in [-0.4, -0.2) is 56.2 Å². The molecule has 1 aliphatic heterocycles. The summed E-state index contributed by atoms with van der Waals surface area (Å²) < 4.78 is 27.5. The third-order valence-electron chi connectivity index (χ3n) is 2.65. The van der Waals surface area contributed by atoms with E-state index in [1.165, 1.54) is 7.11 Å². The third kappa shape index (κ3) is 3.22. The normalized spacial score (nSPS) is 38.5. The Balaban J connectivity index is 2.77. The molecule has 0 aromatic carbocycles. The Morgan fingerprint density at radius 2 is 2.19 bits per heavy atom. The van der Waals surface area contributed by atoms with Crippen molar-refractivity contribution in [1.82, 2.24) is 0 Å². The van der Waals surface area contributed by atoms with Crippen molar-refractivity contribution in [2.75, 3.05) is 19.2 Å². The molecule has 0 aliphatic carbocycles. The van der Waals surface area contributed by atoms with Crippen molar-refractivity contribution in [1.29, 1.82) is 0 Å². The first-order valence-corrected chi connectivity index (χ1v) is 7.49. The molecule has 0 radical (unpaired) electrons. The summed E-state index contributed by atoms with van der Waals surface area (Å²) in [5.74, 6) is 0.207. The van der Waals surface area contributed by atoms with Crippen LogP contribution in [0, 0.1) is 0 Å². The Bertz CT molecular complexity index is 279. The van der Waals surface area contributed by atoms with Crippen LogP contribution in [0.5, 0.6) is 0 Å². The number of hydrogen-bond donors (Lipinski definition) is 1. The van der Waals surface area contributed by atoms with Gasteiger partial charge in [0.1, 0.15) is 20.1 Å². The van der Waals surface area contributed by atoms with E-state index in [2.05, 4.69) is 0 Å². The van der Waals surface area contributed by atoms with E-state index < -0.39 is 19.8 Å². The van der Waals surface area contributed by atoms with Gasteiger partial charge >= 0.3 is 7.60 Å². The van der Waals surface area contributed by atoms with Crippen LogP contribution in [0.2, 0.25) is 0 Å².